The Balaban J connectivity index is 2.19. The number of carbonyl (C=O) groups excluding carboxylic acids is 1. The molecule has 0 radical (unpaired) electrons. The molecule has 3 nitrogen and oxygen atoms in total. The molecule has 1 aromatic rings. The minimum Gasteiger partial charge on any atom is -0.465 e. The molecule has 0 saturated heterocycles. The quantitative estimate of drug-likeness (QED) is 0.842. The molecule has 1 aliphatic carbocycles. The van der Waals surface area contributed by atoms with E-state index in [4.69, 9.17) is 4.74 Å². The lowest BCUT2D eigenvalue weighted by atomic mass is 9.93. The van der Waals surface area contributed by atoms with Crippen LogP contribution in [0.25, 0.3) is 0 Å². The van der Waals surface area contributed by atoms with Crippen LogP contribution in [0.5, 0.6) is 0 Å². The molecule has 0 bridgehead atoms. The van der Waals surface area contributed by atoms with E-state index in [9.17, 15) is 9.18 Å². The first-order chi connectivity index (χ1) is 10.1. The molecular formula is C17H24FNO2. The Morgan fingerprint density at radius 1 is 1.38 bits per heavy atom. The largest absolute Gasteiger partial charge is 0.465 e. The van der Waals surface area contributed by atoms with E-state index < -0.39 is 6.04 Å². The third-order valence-electron chi connectivity index (χ3n) is 4.07. The van der Waals surface area contributed by atoms with Gasteiger partial charge in [0.2, 0.25) is 0 Å². The molecular weight excluding hydrogens is 269 g/mol. The van der Waals surface area contributed by atoms with Gasteiger partial charge in [-0.05, 0) is 49.9 Å². The van der Waals surface area contributed by atoms with Crippen LogP contribution in [0, 0.1) is 12.7 Å². The Morgan fingerprint density at radius 3 is 2.71 bits per heavy atom. The first-order valence-electron chi connectivity index (χ1n) is 7.80. The standard InChI is InChI=1S/C17H24FNO2/c1-3-21-17(20)16(19-14-7-5-4-6-8-14)15-10-9-13(18)11-12(15)2/h9-11,14,16,19H,3-8H2,1-2H3. The highest BCUT2D eigenvalue weighted by atomic mass is 19.1. The molecule has 0 heterocycles. The van der Waals surface area contributed by atoms with Crippen LogP contribution >= 0.6 is 0 Å². The molecule has 4 heteroatoms. The van der Waals surface area contributed by atoms with Crippen LogP contribution < -0.4 is 5.32 Å². The van der Waals surface area contributed by atoms with Crippen molar-refractivity contribution in [3.8, 4) is 0 Å². The molecule has 2 rings (SSSR count). The van der Waals surface area contributed by atoms with Crippen LogP contribution in [-0.4, -0.2) is 18.6 Å². The van der Waals surface area contributed by atoms with Gasteiger partial charge >= 0.3 is 5.97 Å². The second-order valence-electron chi connectivity index (χ2n) is 5.69. The summed E-state index contributed by atoms with van der Waals surface area (Å²) in [6, 6.07) is 4.37. The minimum absolute atomic E-state index is 0.280. The van der Waals surface area contributed by atoms with Crippen LogP contribution in [0.4, 0.5) is 4.39 Å². The lowest BCUT2D eigenvalue weighted by Crippen LogP contribution is -2.39. The van der Waals surface area contributed by atoms with Crippen LogP contribution in [-0.2, 0) is 9.53 Å². The second-order valence-corrected chi connectivity index (χ2v) is 5.69. The summed E-state index contributed by atoms with van der Waals surface area (Å²) in [4.78, 5) is 12.3. The molecule has 1 unspecified atom stereocenters. The van der Waals surface area contributed by atoms with Gasteiger partial charge in [0.25, 0.3) is 0 Å². The highest BCUT2D eigenvalue weighted by Crippen LogP contribution is 2.25. The van der Waals surface area contributed by atoms with E-state index in [1.54, 1.807) is 13.0 Å². The van der Waals surface area contributed by atoms with Crippen LogP contribution in [0.3, 0.4) is 0 Å². The lowest BCUT2D eigenvalue weighted by molar-refractivity contribution is -0.146. The van der Waals surface area contributed by atoms with E-state index in [2.05, 4.69) is 5.32 Å². The number of ether oxygens (including phenoxy) is 1. The first-order valence-corrected chi connectivity index (χ1v) is 7.80. The SMILES string of the molecule is CCOC(=O)C(NC1CCCCC1)c1ccc(F)cc1C. The molecule has 21 heavy (non-hydrogen) atoms. The summed E-state index contributed by atoms with van der Waals surface area (Å²) in [6.45, 7) is 3.97. The Morgan fingerprint density at radius 2 is 2.10 bits per heavy atom. The zero-order valence-electron chi connectivity index (χ0n) is 12.8. The van der Waals surface area contributed by atoms with E-state index in [0.717, 1.165) is 24.0 Å². The summed E-state index contributed by atoms with van der Waals surface area (Å²) < 4.78 is 18.5. The molecule has 0 aliphatic heterocycles. The topological polar surface area (TPSA) is 38.3 Å². The molecule has 1 aliphatic rings. The highest BCUT2D eigenvalue weighted by molar-refractivity contribution is 5.78. The van der Waals surface area contributed by atoms with Gasteiger partial charge in [0.05, 0.1) is 6.61 Å². The number of benzene rings is 1. The van der Waals surface area contributed by atoms with E-state index in [-0.39, 0.29) is 11.8 Å². The maximum atomic E-state index is 13.3. The molecule has 1 saturated carbocycles. The monoisotopic (exact) mass is 293 g/mol. The molecule has 0 spiro atoms. The predicted octanol–water partition coefficient (Wildman–Crippen LogP) is 3.66. The summed E-state index contributed by atoms with van der Waals surface area (Å²) in [5, 5.41) is 3.42. The van der Waals surface area contributed by atoms with Gasteiger partial charge in [-0.1, -0.05) is 25.3 Å². The number of rotatable bonds is 5. The van der Waals surface area contributed by atoms with Crippen molar-refractivity contribution in [2.75, 3.05) is 6.61 Å². The Kier molecular flexibility index (Phi) is 5.74. The molecule has 0 aromatic heterocycles. The Bertz CT molecular complexity index is 484. The molecule has 1 atom stereocenters. The highest BCUT2D eigenvalue weighted by Gasteiger charge is 2.27. The van der Waals surface area contributed by atoms with Crippen LogP contribution in [0.15, 0.2) is 18.2 Å². The van der Waals surface area contributed by atoms with E-state index in [0.29, 0.717) is 12.6 Å². The van der Waals surface area contributed by atoms with E-state index >= 15 is 0 Å². The molecule has 116 valence electrons. The number of aryl methyl sites for hydroxylation is 1. The maximum Gasteiger partial charge on any atom is 0.327 e. The van der Waals surface area contributed by atoms with Gasteiger partial charge in [0.15, 0.2) is 0 Å². The van der Waals surface area contributed by atoms with Crippen LogP contribution in [0.1, 0.15) is 56.2 Å². The third kappa shape index (κ3) is 4.27. The Hall–Kier alpha value is -1.42. The predicted molar refractivity (Wildman–Crippen MR) is 80.5 cm³/mol. The summed E-state index contributed by atoms with van der Waals surface area (Å²) in [7, 11) is 0. The van der Waals surface area contributed by atoms with Crippen molar-refractivity contribution < 1.29 is 13.9 Å². The second kappa shape index (κ2) is 7.55. The summed E-state index contributed by atoms with van der Waals surface area (Å²) in [5.41, 5.74) is 1.58. The van der Waals surface area contributed by atoms with Crippen molar-refractivity contribution in [1.82, 2.24) is 5.32 Å². The van der Waals surface area contributed by atoms with Crippen molar-refractivity contribution in [3.63, 3.8) is 0 Å². The third-order valence-corrected chi connectivity index (χ3v) is 4.07. The average Bonchev–Trinajstić information content (AvgIpc) is 2.47. The van der Waals surface area contributed by atoms with E-state index in [1.165, 1.54) is 31.4 Å². The molecule has 1 fully saturated rings. The van der Waals surface area contributed by atoms with Crippen molar-refractivity contribution in [2.24, 2.45) is 0 Å². The fourth-order valence-corrected chi connectivity index (χ4v) is 2.98. The zero-order chi connectivity index (χ0) is 15.2. The van der Waals surface area contributed by atoms with Gasteiger partial charge < -0.3 is 4.74 Å². The molecule has 0 amide bonds. The number of nitrogens with one attached hydrogen (secondary N) is 1. The Labute approximate surface area is 125 Å². The number of hydrogen-bond acceptors (Lipinski definition) is 3. The fourth-order valence-electron chi connectivity index (χ4n) is 2.98. The van der Waals surface area contributed by atoms with Gasteiger partial charge in [0.1, 0.15) is 11.9 Å². The van der Waals surface area contributed by atoms with Crippen molar-refractivity contribution in [2.45, 2.75) is 58.0 Å². The van der Waals surface area contributed by atoms with Crippen molar-refractivity contribution >= 4 is 5.97 Å². The summed E-state index contributed by atoms with van der Waals surface area (Å²) in [5.74, 6) is -0.561. The smallest absolute Gasteiger partial charge is 0.327 e. The van der Waals surface area contributed by atoms with Gasteiger partial charge in [-0.25, -0.2) is 9.18 Å². The number of esters is 1. The average molecular weight is 293 g/mol. The normalized spacial score (nSPS) is 17.5. The summed E-state index contributed by atoms with van der Waals surface area (Å²) in [6.07, 6.45) is 5.80. The van der Waals surface area contributed by atoms with Crippen molar-refractivity contribution in [3.05, 3.63) is 35.1 Å². The van der Waals surface area contributed by atoms with Gasteiger partial charge in [-0.2, -0.15) is 0 Å². The molecule has 1 N–H and O–H groups in total. The van der Waals surface area contributed by atoms with Gasteiger partial charge in [-0.3, -0.25) is 5.32 Å². The number of halogens is 1. The maximum absolute atomic E-state index is 13.3. The number of carbonyl (C=O) groups is 1. The fraction of sp³-hybridized carbons (Fsp3) is 0.588. The van der Waals surface area contributed by atoms with E-state index in [1.807, 2.05) is 6.92 Å². The zero-order valence-corrected chi connectivity index (χ0v) is 12.8. The molecule has 1 aromatic carbocycles. The first kappa shape index (κ1) is 16.0. The van der Waals surface area contributed by atoms with Crippen LogP contribution in [0.2, 0.25) is 0 Å². The van der Waals surface area contributed by atoms with Gasteiger partial charge in [-0.15, -0.1) is 0 Å². The van der Waals surface area contributed by atoms with Crippen molar-refractivity contribution in [1.29, 1.82) is 0 Å². The number of hydrogen-bond donors (Lipinski definition) is 1. The van der Waals surface area contributed by atoms with Gasteiger partial charge in [0, 0.05) is 6.04 Å². The minimum atomic E-state index is -0.506. The summed E-state index contributed by atoms with van der Waals surface area (Å²) >= 11 is 0. The lowest BCUT2D eigenvalue weighted by Gasteiger charge is -2.28.